The molecule has 0 aliphatic carbocycles. The van der Waals surface area contributed by atoms with E-state index >= 15 is 0 Å². The summed E-state index contributed by atoms with van der Waals surface area (Å²) in [6.45, 7) is 0.740. The van der Waals surface area contributed by atoms with Crippen molar-refractivity contribution in [2.24, 2.45) is 0 Å². The number of esters is 1. The van der Waals surface area contributed by atoms with Gasteiger partial charge in [0.15, 0.2) is 0 Å². The zero-order valence-electron chi connectivity index (χ0n) is 19.2. The van der Waals surface area contributed by atoms with Gasteiger partial charge in [-0.3, -0.25) is 4.79 Å². The maximum atomic E-state index is 13.9. The van der Waals surface area contributed by atoms with Crippen molar-refractivity contribution in [3.63, 3.8) is 0 Å². The molecule has 1 aliphatic heterocycles. The van der Waals surface area contributed by atoms with Crippen molar-refractivity contribution in [2.45, 2.75) is 24.5 Å². The van der Waals surface area contributed by atoms with Crippen LogP contribution in [0.3, 0.4) is 0 Å². The van der Waals surface area contributed by atoms with Gasteiger partial charge in [-0.05, 0) is 16.7 Å². The van der Waals surface area contributed by atoms with Crippen LogP contribution in [-0.2, 0) is 19.1 Å². The van der Waals surface area contributed by atoms with E-state index in [1.54, 1.807) is 4.90 Å². The minimum Gasteiger partial charge on any atom is -0.467 e. The number of hydrogen-bond donors (Lipinski definition) is 0. The number of ether oxygens (including phenoxy) is 2. The Kier molecular flexibility index (Phi) is 7.89. The fourth-order valence-corrected chi connectivity index (χ4v) is 4.40. The second-order valence-corrected chi connectivity index (χ2v) is 8.29. The lowest BCUT2D eigenvalue weighted by atomic mass is 9.90. The predicted octanol–water partition coefficient (Wildman–Crippen LogP) is 4.69. The molecule has 0 unspecified atom stereocenters. The molecule has 3 aromatic carbocycles. The molecule has 1 fully saturated rings. The SMILES string of the molecule is COC(=O)[C@@H]1C[C@H](OC/C=C/c2ccccc2)CN1C(=O)C(c1ccccc1)c1ccccc1. The number of carbonyl (C=O) groups excluding carboxylic acids is 2. The first-order valence-electron chi connectivity index (χ1n) is 11.5. The van der Waals surface area contributed by atoms with Crippen LogP contribution in [0.15, 0.2) is 97.1 Å². The zero-order chi connectivity index (χ0) is 23.8. The van der Waals surface area contributed by atoms with Crippen LogP contribution < -0.4 is 0 Å². The molecular formula is C29H29NO4. The normalized spacial score (nSPS) is 17.9. The Bertz CT molecular complexity index is 1060. The Morgan fingerprint density at radius 3 is 2.03 bits per heavy atom. The lowest BCUT2D eigenvalue weighted by molar-refractivity contribution is -0.151. The van der Waals surface area contributed by atoms with Crippen molar-refractivity contribution in [3.8, 4) is 0 Å². The number of hydrogen-bond acceptors (Lipinski definition) is 4. The van der Waals surface area contributed by atoms with Gasteiger partial charge in [0, 0.05) is 13.0 Å². The average molecular weight is 456 g/mol. The maximum Gasteiger partial charge on any atom is 0.328 e. The second kappa shape index (κ2) is 11.4. The molecule has 0 aromatic heterocycles. The van der Waals surface area contributed by atoms with Crippen molar-refractivity contribution in [1.29, 1.82) is 0 Å². The monoisotopic (exact) mass is 455 g/mol. The van der Waals surface area contributed by atoms with Crippen LogP contribution in [0.5, 0.6) is 0 Å². The summed E-state index contributed by atoms with van der Waals surface area (Å²) in [5.41, 5.74) is 2.87. The third-order valence-corrected chi connectivity index (χ3v) is 6.07. The number of carbonyl (C=O) groups is 2. The standard InChI is InChI=1S/C29H29NO4/c1-33-29(32)26-20-25(34-19-11-14-22-12-5-2-6-13-22)21-30(26)28(31)27(23-15-7-3-8-16-23)24-17-9-4-10-18-24/h2-18,25-27H,19-21H2,1H3/b14-11+/t25-,26-/m0/s1. The average Bonchev–Trinajstić information content (AvgIpc) is 3.32. The molecule has 5 heteroatoms. The highest BCUT2D eigenvalue weighted by Crippen LogP contribution is 2.31. The summed E-state index contributed by atoms with van der Waals surface area (Å²) in [4.78, 5) is 28.1. The Balaban J connectivity index is 1.52. The molecule has 4 rings (SSSR count). The third kappa shape index (κ3) is 5.61. The smallest absolute Gasteiger partial charge is 0.328 e. The third-order valence-electron chi connectivity index (χ3n) is 6.07. The largest absolute Gasteiger partial charge is 0.467 e. The van der Waals surface area contributed by atoms with Crippen LogP contribution in [0.4, 0.5) is 0 Å². The van der Waals surface area contributed by atoms with E-state index in [9.17, 15) is 9.59 Å². The van der Waals surface area contributed by atoms with Gasteiger partial charge in [0.05, 0.1) is 25.7 Å². The minimum atomic E-state index is -0.671. The fraction of sp³-hybridized carbons (Fsp3) is 0.241. The van der Waals surface area contributed by atoms with Crippen LogP contribution in [0.2, 0.25) is 0 Å². The molecule has 0 bridgehead atoms. The molecule has 1 saturated heterocycles. The van der Waals surface area contributed by atoms with Gasteiger partial charge in [-0.2, -0.15) is 0 Å². The molecule has 0 N–H and O–H groups in total. The Morgan fingerprint density at radius 1 is 0.912 bits per heavy atom. The summed E-state index contributed by atoms with van der Waals surface area (Å²) >= 11 is 0. The molecule has 0 radical (unpaired) electrons. The first-order valence-corrected chi connectivity index (χ1v) is 11.5. The van der Waals surface area contributed by atoms with Crippen LogP contribution in [0.1, 0.15) is 29.0 Å². The minimum absolute atomic E-state index is 0.126. The summed E-state index contributed by atoms with van der Waals surface area (Å²) in [7, 11) is 1.35. The van der Waals surface area contributed by atoms with E-state index in [-0.39, 0.29) is 12.0 Å². The zero-order valence-corrected chi connectivity index (χ0v) is 19.2. The summed E-state index contributed by atoms with van der Waals surface area (Å²) in [5, 5.41) is 0. The lowest BCUT2D eigenvalue weighted by Gasteiger charge is -2.28. The molecule has 1 heterocycles. The molecule has 5 nitrogen and oxygen atoms in total. The summed E-state index contributed by atoms with van der Waals surface area (Å²) in [6.07, 6.45) is 4.11. The van der Waals surface area contributed by atoms with Crippen LogP contribution in [0, 0.1) is 0 Å². The van der Waals surface area contributed by atoms with Gasteiger partial charge in [0.1, 0.15) is 6.04 Å². The van der Waals surface area contributed by atoms with Crippen LogP contribution in [-0.4, -0.2) is 49.2 Å². The van der Waals surface area contributed by atoms with Gasteiger partial charge >= 0.3 is 5.97 Å². The maximum absolute atomic E-state index is 13.9. The van der Waals surface area contributed by atoms with E-state index in [1.165, 1.54) is 7.11 Å². The van der Waals surface area contributed by atoms with Crippen LogP contribution in [0.25, 0.3) is 6.08 Å². The molecule has 3 aromatic rings. The predicted molar refractivity (Wildman–Crippen MR) is 132 cm³/mol. The van der Waals surface area contributed by atoms with Gasteiger partial charge in [-0.1, -0.05) is 103 Å². The molecule has 0 spiro atoms. The Hall–Kier alpha value is -3.70. The van der Waals surface area contributed by atoms with Gasteiger partial charge in [0.2, 0.25) is 5.91 Å². The number of amides is 1. The topological polar surface area (TPSA) is 55.8 Å². The number of rotatable bonds is 8. The Labute approximate surface area is 200 Å². The van der Waals surface area contributed by atoms with E-state index in [0.29, 0.717) is 19.6 Å². The number of methoxy groups -OCH3 is 1. The van der Waals surface area contributed by atoms with Gasteiger partial charge in [-0.25, -0.2) is 4.79 Å². The molecule has 1 amide bonds. The quantitative estimate of drug-likeness (QED) is 0.463. The summed E-state index contributed by atoms with van der Waals surface area (Å²) in [5.74, 6) is -1.05. The van der Waals surface area contributed by atoms with Crippen molar-refractivity contribution >= 4 is 18.0 Å². The van der Waals surface area contributed by atoms with Gasteiger partial charge < -0.3 is 14.4 Å². The van der Waals surface area contributed by atoms with Gasteiger partial charge in [-0.15, -0.1) is 0 Å². The van der Waals surface area contributed by atoms with Crippen molar-refractivity contribution in [1.82, 2.24) is 4.90 Å². The van der Waals surface area contributed by atoms with E-state index in [1.807, 2.05) is 103 Å². The lowest BCUT2D eigenvalue weighted by Crippen LogP contribution is -2.43. The van der Waals surface area contributed by atoms with Gasteiger partial charge in [0.25, 0.3) is 0 Å². The van der Waals surface area contributed by atoms with E-state index < -0.39 is 17.9 Å². The van der Waals surface area contributed by atoms with E-state index in [4.69, 9.17) is 9.47 Å². The highest BCUT2D eigenvalue weighted by Gasteiger charge is 2.43. The number of nitrogens with zero attached hydrogens (tertiary/aromatic N) is 1. The van der Waals surface area contributed by atoms with Crippen molar-refractivity contribution < 1.29 is 19.1 Å². The molecule has 174 valence electrons. The highest BCUT2D eigenvalue weighted by atomic mass is 16.5. The first kappa shape index (κ1) is 23.5. The molecule has 2 atom stereocenters. The molecule has 34 heavy (non-hydrogen) atoms. The fourth-order valence-electron chi connectivity index (χ4n) is 4.40. The van der Waals surface area contributed by atoms with Crippen molar-refractivity contribution in [2.75, 3.05) is 20.3 Å². The first-order chi connectivity index (χ1) is 16.7. The molecular weight excluding hydrogens is 426 g/mol. The van der Waals surface area contributed by atoms with E-state index in [2.05, 4.69) is 0 Å². The Morgan fingerprint density at radius 2 is 1.47 bits per heavy atom. The molecule has 0 saturated carbocycles. The number of benzene rings is 3. The number of likely N-dealkylation sites (tertiary alicyclic amines) is 1. The van der Waals surface area contributed by atoms with Crippen LogP contribution >= 0.6 is 0 Å². The summed E-state index contributed by atoms with van der Waals surface area (Å²) < 4.78 is 11.1. The second-order valence-electron chi connectivity index (χ2n) is 8.29. The van der Waals surface area contributed by atoms with Crippen molar-refractivity contribution in [3.05, 3.63) is 114 Å². The van der Waals surface area contributed by atoms with E-state index in [0.717, 1.165) is 16.7 Å². The molecule has 1 aliphatic rings. The summed E-state index contributed by atoms with van der Waals surface area (Å²) in [6, 6.07) is 28.6. The highest BCUT2D eigenvalue weighted by molar-refractivity contribution is 5.91.